The number of fused-ring (bicyclic) bond motifs is 1. The molecule has 0 N–H and O–H groups in total. The second-order valence-electron chi connectivity index (χ2n) is 4.96. The standard InChI is InChI=1S/C13H12BrF3N6S/c1-4-24-11-8(19-12(14)23(11)3)10-18-6-5-7(13(15,16)17)20-21-9(6)22(10)2/h5H,4H2,1-3H3. The van der Waals surface area contributed by atoms with E-state index in [0.29, 0.717) is 16.3 Å². The van der Waals surface area contributed by atoms with Crippen molar-refractivity contribution in [3.05, 3.63) is 16.5 Å². The van der Waals surface area contributed by atoms with Crippen molar-refractivity contribution >= 4 is 38.9 Å². The zero-order chi connectivity index (χ0) is 17.6. The van der Waals surface area contributed by atoms with Crippen molar-refractivity contribution in [2.24, 2.45) is 14.1 Å². The predicted octanol–water partition coefficient (Wildman–Crippen LogP) is 3.66. The lowest BCUT2D eigenvalue weighted by Crippen LogP contribution is -2.09. The van der Waals surface area contributed by atoms with Crippen LogP contribution in [-0.4, -0.2) is 35.1 Å². The zero-order valence-corrected chi connectivity index (χ0v) is 15.3. The molecule has 6 nitrogen and oxygen atoms in total. The van der Waals surface area contributed by atoms with E-state index in [1.54, 1.807) is 23.4 Å². The fourth-order valence-corrected chi connectivity index (χ4v) is 3.54. The zero-order valence-electron chi connectivity index (χ0n) is 12.9. The first-order chi connectivity index (χ1) is 11.2. The van der Waals surface area contributed by atoms with Crippen LogP contribution in [0, 0.1) is 0 Å². The summed E-state index contributed by atoms with van der Waals surface area (Å²) in [5, 5.41) is 7.79. The number of nitrogens with zero attached hydrogens (tertiary/aromatic N) is 6. The Hall–Kier alpha value is -1.62. The van der Waals surface area contributed by atoms with Crippen LogP contribution >= 0.6 is 27.7 Å². The fourth-order valence-electron chi connectivity index (χ4n) is 2.24. The molecule has 0 fully saturated rings. The molecule has 11 heteroatoms. The number of alkyl halides is 3. The van der Waals surface area contributed by atoms with Gasteiger partial charge in [0.1, 0.15) is 16.2 Å². The monoisotopic (exact) mass is 420 g/mol. The molecule has 0 aliphatic rings. The maximum Gasteiger partial charge on any atom is 0.435 e. The maximum atomic E-state index is 12.8. The van der Waals surface area contributed by atoms with E-state index in [1.165, 1.54) is 0 Å². The minimum Gasteiger partial charge on any atom is -0.316 e. The van der Waals surface area contributed by atoms with Crippen molar-refractivity contribution in [1.82, 2.24) is 29.3 Å². The highest BCUT2D eigenvalue weighted by atomic mass is 79.9. The van der Waals surface area contributed by atoms with Gasteiger partial charge < -0.3 is 9.13 Å². The number of hydrogen-bond donors (Lipinski definition) is 0. The van der Waals surface area contributed by atoms with Gasteiger partial charge in [-0.15, -0.1) is 22.0 Å². The van der Waals surface area contributed by atoms with Gasteiger partial charge in [-0.25, -0.2) is 9.97 Å². The van der Waals surface area contributed by atoms with Crippen molar-refractivity contribution in [1.29, 1.82) is 0 Å². The Labute approximate surface area is 147 Å². The molecular formula is C13H12BrF3N6S. The first-order valence-electron chi connectivity index (χ1n) is 6.86. The Bertz CT molecular complexity index is 917. The number of thioether (sulfide) groups is 1. The van der Waals surface area contributed by atoms with E-state index in [2.05, 4.69) is 36.1 Å². The summed E-state index contributed by atoms with van der Waals surface area (Å²) in [6, 6.07) is 0.899. The summed E-state index contributed by atoms with van der Waals surface area (Å²) in [4.78, 5) is 8.74. The first-order valence-corrected chi connectivity index (χ1v) is 8.64. The minimum atomic E-state index is -4.56. The van der Waals surface area contributed by atoms with Gasteiger partial charge in [0.25, 0.3) is 0 Å². The number of aromatic nitrogens is 6. The molecule has 3 rings (SSSR count). The summed E-state index contributed by atoms with van der Waals surface area (Å²) in [5.41, 5.74) is -0.0773. The molecule has 128 valence electrons. The molecule has 0 aromatic carbocycles. The smallest absolute Gasteiger partial charge is 0.316 e. The van der Waals surface area contributed by atoms with Gasteiger partial charge in [0.15, 0.2) is 21.9 Å². The summed E-state index contributed by atoms with van der Waals surface area (Å²) in [6.07, 6.45) is -4.56. The molecule has 3 heterocycles. The fraction of sp³-hybridized carbons (Fsp3) is 0.385. The van der Waals surface area contributed by atoms with Gasteiger partial charge >= 0.3 is 6.18 Å². The molecule has 24 heavy (non-hydrogen) atoms. The van der Waals surface area contributed by atoms with E-state index in [-0.39, 0.29) is 11.2 Å². The normalized spacial score (nSPS) is 12.3. The summed E-state index contributed by atoms with van der Waals surface area (Å²) in [6.45, 7) is 2.01. The van der Waals surface area contributed by atoms with E-state index >= 15 is 0 Å². The van der Waals surface area contributed by atoms with Gasteiger partial charge in [0.2, 0.25) is 0 Å². The predicted molar refractivity (Wildman–Crippen MR) is 87.6 cm³/mol. The SMILES string of the molecule is CCSc1c(-c2nc3cc(C(F)(F)F)nnc3n2C)nc(Br)n1C. The Morgan fingerprint density at radius 3 is 2.50 bits per heavy atom. The molecule has 3 aromatic heterocycles. The molecule has 0 amide bonds. The average molecular weight is 421 g/mol. The Morgan fingerprint density at radius 2 is 1.88 bits per heavy atom. The summed E-state index contributed by atoms with van der Waals surface area (Å²) >= 11 is 4.94. The van der Waals surface area contributed by atoms with E-state index in [4.69, 9.17) is 0 Å². The largest absolute Gasteiger partial charge is 0.435 e. The molecular weight excluding hydrogens is 409 g/mol. The number of imidazole rings is 2. The van der Waals surface area contributed by atoms with Crippen LogP contribution in [0.5, 0.6) is 0 Å². The molecule has 0 unspecified atom stereocenters. The van der Waals surface area contributed by atoms with Crippen LogP contribution in [0.3, 0.4) is 0 Å². The molecule has 0 saturated carbocycles. The number of aryl methyl sites for hydroxylation is 1. The third-order valence-electron chi connectivity index (χ3n) is 3.39. The van der Waals surface area contributed by atoms with Gasteiger partial charge in [0.05, 0.1) is 0 Å². The van der Waals surface area contributed by atoms with Gasteiger partial charge in [-0.2, -0.15) is 13.2 Å². The molecule has 0 spiro atoms. The summed E-state index contributed by atoms with van der Waals surface area (Å²) < 4.78 is 42.5. The Morgan fingerprint density at radius 1 is 1.17 bits per heavy atom. The van der Waals surface area contributed by atoms with Crippen molar-refractivity contribution in [3.8, 4) is 11.5 Å². The quantitative estimate of drug-likeness (QED) is 0.605. The van der Waals surface area contributed by atoms with Crippen molar-refractivity contribution in [3.63, 3.8) is 0 Å². The third-order valence-corrected chi connectivity index (χ3v) is 5.13. The van der Waals surface area contributed by atoms with Crippen LogP contribution in [0.1, 0.15) is 12.6 Å². The Balaban J connectivity index is 2.21. The lowest BCUT2D eigenvalue weighted by Gasteiger charge is -2.04. The highest BCUT2D eigenvalue weighted by molar-refractivity contribution is 9.10. The minimum absolute atomic E-state index is 0.129. The van der Waals surface area contributed by atoms with Crippen molar-refractivity contribution in [2.45, 2.75) is 18.1 Å². The van der Waals surface area contributed by atoms with Crippen LogP contribution in [0.4, 0.5) is 13.2 Å². The molecule has 0 aliphatic heterocycles. The van der Waals surface area contributed by atoms with E-state index in [0.717, 1.165) is 16.8 Å². The lowest BCUT2D eigenvalue weighted by molar-refractivity contribution is -0.141. The van der Waals surface area contributed by atoms with Crippen LogP contribution in [0.2, 0.25) is 0 Å². The average Bonchev–Trinajstić information content (AvgIpc) is 2.98. The summed E-state index contributed by atoms with van der Waals surface area (Å²) in [7, 11) is 3.53. The Kier molecular flexibility index (Phi) is 4.32. The number of hydrogen-bond acceptors (Lipinski definition) is 5. The van der Waals surface area contributed by atoms with Gasteiger partial charge in [-0.1, -0.05) is 6.92 Å². The first kappa shape index (κ1) is 17.2. The van der Waals surface area contributed by atoms with Gasteiger partial charge in [0, 0.05) is 20.2 Å². The van der Waals surface area contributed by atoms with Crippen LogP contribution in [-0.2, 0) is 20.3 Å². The number of halogens is 4. The van der Waals surface area contributed by atoms with Crippen molar-refractivity contribution < 1.29 is 13.2 Å². The van der Waals surface area contributed by atoms with E-state index in [1.807, 2.05) is 18.5 Å². The molecule has 0 saturated heterocycles. The second-order valence-corrected chi connectivity index (χ2v) is 6.92. The van der Waals surface area contributed by atoms with Crippen LogP contribution in [0.25, 0.3) is 22.7 Å². The highest BCUT2D eigenvalue weighted by Gasteiger charge is 2.34. The third kappa shape index (κ3) is 2.79. The van der Waals surface area contributed by atoms with E-state index in [9.17, 15) is 13.2 Å². The second kappa shape index (κ2) is 6.03. The number of rotatable bonds is 3. The lowest BCUT2D eigenvalue weighted by atomic mass is 10.3. The van der Waals surface area contributed by atoms with E-state index < -0.39 is 11.9 Å². The molecule has 0 bridgehead atoms. The molecule has 0 aliphatic carbocycles. The molecule has 3 aromatic rings. The van der Waals surface area contributed by atoms with Crippen LogP contribution in [0.15, 0.2) is 15.8 Å². The van der Waals surface area contributed by atoms with Crippen LogP contribution < -0.4 is 0 Å². The van der Waals surface area contributed by atoms with Gasteiger partial charge in [-0.05, 0) is 21.7 Å². The maximum absolute atomic E-state index is 12.8. The van der Waals surface area contributed by atoms with Gasteiger partial charge in [-0.3, -0.25) is 0 Å². The highest BCUT2D eigenvalue weighted by Crippen LogP contribution is 2.34. The molecule has 0 atom stereocenters. The topological polar surface area (TPSA) is 61.4 Å². The van der Waals surface area contributed by atoms with Crippen molar-refractivity contribution in [2.75, 3.05) is 5.75 Å². The molecule has 0 radical (unpaired) electrons. The summed E-state index contributed by atoms with van der Waals surface area (Å²) in [5.74, 6) is 1.26.